The van der Waals surface area contributed by atoms with Crippen LogP contribution >= 0.6 is 0 Å². The molecule has 3 heteroatoms. The van der Waals surface area contributed by atoms with E-state index in [2.05, 4.69) is 28.3 Å². The van der Waals surface area contributed by atoms with Gasteiger partial charge in [-0.3, -0.25) is 0 Å². The molecule has 0 fully saturated rings. The van der Waals surface area contributed by atoms with Crippen molar-refractivity contribution >= 4 is 0 Å². The van der Waals surface area contributed by atoms with Gasteiger partial charge in [0.1, 0.15) is 0 Å². The highest BCUT2D eigenvalue weighted by Gasteiger charge is 1.94. The Bertz CT molecular complexity index is 258. The van der Waals surface area contributed by atoms with E-state index in [1.54, 1.807) is 7.11 Å². The SMILES string of the molecule is COCCCCCNCc1ccn(C)c1. The molecule has 0 atom stereocenters. The Morgan fingerprint density at radius 3 is 2.87 bits per heavy atom. The minimum atomic E-state index is 0.888. The molecule has 3 nitrogen and oxygen atoms in total. The molecule has 1 aromatic heterocycles. The van der Waals surface area contributed by atoms with Crippen LogP contribution < -0.4 is 5.32 Å². The van der Waals surface area contributed by atoms with Crippen LogP contribution in [0.4, 0.5) is 0 Å². The number of hydrogen-bond donors (Lipinski definition) is 1. The van der Waals surface area contributed by atoms with Crippen LogP contribution in [0.25, 0.3) is 0 Å². The molecule has 1 heterocycles. The van der Waals surface area contributed by atoms with Gasteiger partial charge in [0, 0.05) is 39.7 Å². The molecule has 86 valence electrons. The van der Waals surface area contributed by atoms with Gasteiger partial charge in [0.25, 0.3) is 0 Å². The van der Waals surface area contributed by atoms with Crippen molar-refractivity contribution in [1.29, 1.82) is 0 Å². The molecule has 0 saturated heterocycles. The Kier molecular flexibility index (Phi) is 6.12. The van der Waals surface area contributed by atoms with Crippen LogP contribution in [-0.2, 0) is 18.3 Å². The number of aromatic nitrogens is 1. The molecule has 0 unspecified atom stereocenters. The Labute approximate surface area is 92.4 Å². The lowest BCUT2D eigenvalue weighted by Crippen LogP contribution is -2.14. The molecule has 0 aliphatic heterocycles. The van der Waals surface area contributed by atoms with E-state index in [0.29, 0.717) is 0 Å². The second kappa shape index (κ2) is 7.49. The predicted molar refractivity (Wildman–Crippen MR) is 62.8 cm³/mol. The van der Waals surface area contributed by atoms with E-state index < -0.39 is 0 Å². The van der Waals surface area contributed by atoms with E-state index in [9.17, 15) is 0 Å². The maximum absolute atomic E-state index is 5.00. The molecule has 0 radical (unpaired) electrons. The molecule has 0 amide bonds. The van der Waals surface area contributed by atoms with E-state index in [-0.39, 0.29) is 0 Å². The summed E-state index contributed by atoms with van der Waals surface area (Å²) in [5.74, 6) is 0. The lowest BCUT2D eigenvalue weighted by atomic mass is 10.2. The third-order valence-electron chi connectivity index (χ3n) is 2.42. The summed E-state index contributed by atoms with van der Waals surface area (Å²) >= 11 is 0. The van der Waals surface area contributed by atoms with Gasteiger partial charge in [-0.1, -0.05) is 0 Å². The van der Waals surface area contributed by atoms with Gasteiger partial charge in [0.15, 0.2) is 0 Å². The van der Waals surface area contributed by atoms with Gasteiger partial charge >= 0.3 is 0 Å². The molecule has 0 bridgehead atoms. The van der Waals surface area contributed by atoms with E-state index in [4.69, 9.17) is 4.74 Å². The first-order valence-electron chi connectivity index (χ1n) is 5.63. The Morgan fingerprint density at radius 2 is 2.20 bits per heavy atom. The number of aryl methyl sites for hydroxylation is 1. The van der Waals surface area contributed by atoms with Crippen molar-refractivity contribution in [2.45, 2.75) is 25.8 Å². The summed E-state index contributed by atoms with van der Waals surface area (Å²) in [6.07, 6.45) is 7.88. The predicted octanol–water partition coefficient (Wildman–Crippen LogP) is 1.93. The zero-order valence-electron chi connectivity index (χ0n) is 9.83. The number of nitrogens with one attached hydrogen (secondary N) is 1. The maximum Gasteiger partial charge on any atom is 0.0462 e. The summed E-state index contributed by atoms with van der Waals surface area (Å²) in [4.78, 5) is 0. The van der Waals surface area contributed by atoms with E-state index in [1.807, 2.05) is 7.05 Å². The molecular weight excluding hydrogens is 188 g/mol. The Morgan fingerprint density at radius 1 is 1.33 bits per heavy atom. The number of rotatable bonds is 8. The number of methoxy groups -OCH3 is 1. The summed E-state index contributed by atoms with van der Waals surface area (Å²) in [5, 5.41) is 3.44. The van der Waals surface area contributed by atoms with Crippen molar-refractivity contribution in [2.24, 2.45) is 7.05 Å². The fourth-order valence-corrected chi connectivity index (χ4v) is 1.57. The summed E-state index contributed by atoms with van der Waals surface area (Å²) < 4.78 is 7.08. The van der Waals surface area contributed by atoms with Gasteiger partial charge in [-0.15, -0.1) is 0 Å². The van der Waals surface area contributed by atoms with Gasteiger partial charge in [0.05, 0.1) is 0 Å². The van der Waals surface area contributed by atoms with Crippen LogP contribution in [0.2, 0.25) is 0 Å². The molecule has 1 aromatic rings. The number of unbranched alkanes of at least 4 members (excludes halogenated alkanes) is 2. The van der Waals surface area contributed by atoms with Crippen molar-refractivity contribution in [3.63, 3.8) is 0 Å². The first-order valence-corrected chi connectivity index (χ1v) is 5.63. The zero-order chi connectivity index (χ0) is 10.9. The summed E-state index contributed by atoms with van der Waals surface area (Å²) in [5.41, 5.74) is 1.36. The topological polar surface area (TPSA) is 26.2 Å². The summed E-state index contributed by atoms with van der Waals surface area (Å²) in [7, 11) is 3.81. The van der Waals surface area contributed by atoms with Crippen molar-refractivity contribution in [3.05, 3.63) is 24.0 Å². The zero-order valence-corrected chi connectivity index (χ0v) is 9.83. The molecule has 0 aliphatic rings. The molecule has 1 rings (SSSR count). The van der Waals surface area contributed by atoms with Crippen LogP contribution in [0.3, 0.4) is 0 Å². The van der Waals surface area contributed by atoms with E-state index >= 15 is 0 Å². The van der Waals surface area contributed by atoms with Gasteiger partial charge in [-0.2, -0.15) is 0 Å². The van der Waals surface area contributed by atoms with Crippen molar-refractivity contribution in [1.82, 2.24) is 9.88 Å². The van der Waals surface area contributed by atoms with Gasteiger partial charge in [-0.25, -0.2) is 0 Å². The van der Waals surface area contributed by atoms with Crippen molar-refractivity contribution in [2.75, 3.05) is 20.3 Å². The lowest BCUT2D eigenvalue weighted by Gasteiger charge is -2.03. The summed E-state index contributed by atoms with van der Waals surface area (Å²) in [6.45, 7) is 2.96. The van der Waals surface area contributed by atoms with Crippen LogP contribution in [0.15, 0.2) is 18.5 Å². The quantitative estimate of drug-likeness (QED) is 0.664. The third-order valence-corrected chi connectivity index (χ3v) is 2.42. The first kappa shape index (κ1) is 12.3. The fraction of sp³-hybridized carbons (Fsp3) is 0.667. The highest BCUT2D eigenvalue weighted by Crippen LogP contribution is 1.99. The van der Waals surface area contributed by atoms with E-state index in [0.717, 1.165) is 19.7 Å². The van der Waals surface area contributed by atoms with Gasteiger partial charge < -0.3 is 14.6 Å². The van der Waals surface area contributed by atoms with Crippen LogP contribution in [-0.4, -0.2) is 24.8 Å². The highest BCUT2D eigenvalue weighted by atomic mass is 16.5. The summed E-state index contributed by atoms with van der Waals surface area (Å²) in [6, 6.07) is 2.15. The minimum absolute atomic E-state index is 0.888. The van der Waals surface area contributed by atoms with Gasteiger partial charge in [0.2, 0.25) is 0 Å². The van der Waals surface area contributed by atoms with Crippen LogP contribution in [0, 0.1) is 0 Å². The van der Waals surface area contributed by atoms with Crippen LogP contribution in [0.1, 0.15) is 24.8 Å². The molecular formula is C12H22N2O. The standard InChI is InChI=1S/C12H22N2O/c1-14-8-6-12(11-14)10-13-7-4-3-5-9-15-2/h6,8,11,13H,3-5,7,9-10H2,1-2H3. The molecule has 1 N–H and O–H groups in total. The minimum Gasteiger partial charge on any atom is -0.385 e. The Balaban J connectivity index is 1.93. The fourth-order valence-electron chi connectivity index (χ4n) is 1.57. The average Bonchev–Trinajstić information content (AvgIpc) is 2.63. The number of hydrogen-bond acceptors (Lipinski definition) is 2. The lowest BCUT2D eigenvalue weighted by molar-refractivity contribution is 0.192. The monoisotopic (exact) mass is 210 g/mol. The van der Waals surface area contributed by atoms with Crippen molar-refractivity contribution in [3.8, 4) is 0 Å². The molecule has 0 spiro atoms. The number of nitrogens with zero attached hydrogens (tertiary/aromatic N) is 1. The molecule has 0 saturated carbocycles. The molecule has 15 heavy (non-hydrogen) atoms. The average molecular weight is 210 g/mol. The van der Waals surface area contributed by atoms with Gasteiger partial charge in [-0.05, 0) is 37.4 Å². The normalized spacial score (nSPS) is 10.8. The number of ether oxygens (including phenoxy) is 1. The molecule has 0 aliphatic carbocycles. The first-order chi connectivity index (χ1) is 7.33. The maximum atomic E-state index is 5.00. The molecule has 0 aromatic carbocycles. The largest absolute Gasteiger partial charge is 0.385 e. The third kappa shape index (κ3) is 5.60. The Hall–Kier alpha value is -0.800. The van der Waals surface area contributed by atoms with Crippen LogP contribution in [0.5, 0.6) is 0 Å². The van der Waals surface area contributed by atoms with Crippen molar-refractivity contribution < 1.29 is 4.74 Å². The smallest absolute Gasteiger partial charge is 0.0462 e. The second-order valence-electron chi connectivity index (χ2n) is 3.92. The van der Waals surface area contributed by atoms with E-state index in [1.165, 1.54) is 24.8 Å². The second-order valence-corrected chi connectivity index (χ2v) is 3.92. The highest BCUT2D eigenvalue weighted by molar-refractivity contribution is 5.09.